The number of rotatable bonds is 6. The van der Waals surface area contributed by atoms with Crippen LogP contribution in [0.3, 0.4) is 0 Å². The number of ether oxygens (including phenoxy) is 1. The number of benzene rings is 2. The molecule has 0 bridgehead atoms. The van der Waals surface area contributed by atoms with Gasteiger partial charge in [0, 0.05) is 62.8 Å². The molecule has 37 heavy (non-hydrogen) atoms. The number of nitrogens with one attached hydrogen (secondary N) is 1. The molecule has 2 fully saturated rings. The van der Waals surface area contributed by atoms with E-state index in [0.29, 0.717) is 31.7 Å². The van der Waals surface area contributed by atoms with Crippen LogP contribution in [-0.2, 0) is 4.74 Å². The van der Waals surface area contributed by atoms with Crippen molar-refractivity contribution >= 4 is 29.1 Å². The van der Waals surface area contributed by atoms with Crippen LogP contribution in [0.1, 0.15) is 56.5 Å². The van der Waals surface area contributed by atoms with E-state index in [4.69, 9.17) is 4.74 Å². The summed E-state index contributed by atoms with van der Waals surface area (Å²) in [7, 11) is 0. The van der Waals surface area contributed by atoms with Crippen LogP contribution in [0, 0.1) is 6.92 Å². The van der Waals surface area contributed by atoms with Crippen molar-refractivity contribution in [1.29, 1.82) is 0 Å². The largest absolute Gasteiger partial charge is 0.444 e. The van der Waals surface area contributed by atoms with E-state index in [1.807, 2.05) is 63.2 Å². The van der Waals surface area contributed by atoms with Gasteiger partial charge in [-0.3, -0.25) is 4.79 Å². The van der Waals surface area contributed by atoms with Crippen LogP contribution >= 0.6 is 0 Å². The summed E-state index contributed by atoms with van der Waals surface area (Å²) in [5.41, 5.74) is 4.14. The summed E-state index contributed by atoms with van der Waals surface area (Å²) in [4.78, 5) is 30.0. The monoisotopic (exact) mass is 507 g/mol. The minimum atomic E-state index is -0.515. The molecule has 0 unspecified atom stereocenters. The first kappa shape index (κ1) is 26.8. The number of hydrogen-bond acceptors (Lipinski definition) is 6. The highest BCUT2D eigenvalue weighted by Crippen LogP contribution is 2.34. The lowest BCUT2D eigenvalue weighted by molar-refractivity contribution is 0.0240. The van der Waals surface area contributed by atoms with Gasteiger partial charge in [-0.15, -0.1) is 0 Å². The highest BCUT2D eigenvalue weighted by Gasteiger charge is 2.29. The Bertz CT molecular complexity index is 1080. The summed E-state index contributed by atoms with van der Waals surface area (Å²) in [5.74, 6) is -0.126. The molecular weight excluding hydrogens is 466 g/mol. The standard InChI is InChI=1S/C29H41N5O3/c1-6-34(33-14-10-11-15-33)26-21-23(27(35)30-24-12-8-7-9-13-24)20-25(22(26)2)31-16-18-32(19-17-31)28(36)37-29(3,4)5/h7-9,12-13,20-21H,6,10-11,14-19H2,1-5H3,(H,30,35). The summed E-state index contributed by atoms with van der Waals surface area (Å²) in [6, 6.07) is 13.6. The number of carbonyl (C=O) groups excluding carboxylic acids is 2. The summed E-state index contributed by atoms with van der Waals surface area (Å²) in [5, 5.41) is 7.76. The first-order valence-electron chi connectivity index (χ1n) is 13.4. The summed E-state index contributed by atoms with van der Waals surface area (Å²) >= 11 is 0. The van der Waals surface area contributed by atoms with Crippen molar-refractivity contribution in [2.24, 2.45) is 0 Å². The van der Waals surface area contributed by atoms with Crippen molar-refractivity contribution in [2.75, 3.05) is 61.0 Å². The Hall–Kier alpha value is -3.26. The van der Waals surface area contributed by atoms with Crippen LogP contribution in [0.15, 0.2) is 42.5 Å². The summed E-state index contributed by atoms with van der Waals surface area (Å²) in [6.07, 6.45) is 2.10. The molecular formula is C29H41N5O3. The number of carbonyl (C=O) groups is 2. The highest BCUT2D eigenvalue weighted by molar-refractivity contribution is 6.06. The van der Waals surface area contributed by atoms with Gasteiger partial charge in [-0.05, 0) is 77.3 Å². The summed E-state index contributed by atoms with van der Waals surface area (Å²) < 4.78 is 5.57. The van der Waals surface area contributed by atoms with E-state index >= 15 is 0 Å². The third-order valence-electron chi connectivity index (χ3n) is 6.92. The van der Waals surface area contributed by atoms with E-state index < -0.39 is 5.60 Å². The second-order valence-electron chi connectivity index (χ2n) is 10.8. The number of hydrazine groups is 1. The molecule has 0 aromatic heterocycles. The molecule has 2 aromatic rings. The maximum absolute atomic E-state index is 13.4. The molecule has 2 aromatic carbocycles. The van der Waals surface area contributed by atoms with Gasteiger partial charge >= 0.3 is 6.09 Å². The predicted octanol–water partition coefficient (Wildman–Crippen LogP) is 5.14. The molecule has 4 rings (SSSR count). The molecule has 2 amide bonds. The Kier molecular flexibility index (Phi) is 8.27. The van der Waals surface area contributed by atoms with E-state index in [9.17, 15) is 9.59 Å². The fraction of sp³-hybridized carbons (Fsp3) is 0.517. The Balaban J connectivity index is 1.62. The van der Waals surface area contributed by atoms with Gasteiger partial charge in [0.25, 0.3) is 5.91 Å². The van der Waals surface area contributed by atoms with Crippen molar-refractivity contribution in [3.8, 4) is 0 Å². The van der Waals surface area contributed by atoms with Crippen LogP contribution < -0.4 is 15.2 Å². The van der Waals surface area contributed by atoms with Gasteiger partial charge in [0.05, 0.1) is 5.69 Å². The van der Waals surface area contributed by atoms with Crippen molar-refractivity contribution < 1.29 is 14.3 Å². The molecule has 8 heteroatoms. The van der Waals surface area contributed by atoms with Crippen LogP contribution in [-0.4, -0.2) is 73.3 Å². The number of hydrogen-bond donors (Lipinski definition) is 1. The van der Waals surface area contributed by atoms with Gasteiger partial charge in [-0.25, -0.2) is 9.80 Å². The number of nitrogens with zero attached hydrogens (tertiary/aromatic N) is 4. The molecule has 0 aliphatic carbocycles. The first-order chi connectivity index (χ1) is 17.7. The molecule has 2 aliphatic heterocycles. The fourth-order valence-electron chi connectivity index (χ4n) is 5.06. The average Bonchev–Trinajstić information content (AvgIpc) is 3.40. The molecule has 2 heterocycles. The molecule has 0 radical (unpaired) electrons. The van der Waals surface area contributed by atoms with Crippen LogP contribution in [0.5, 0.6) is 0 Å². The van der Waals surface area contributed by atoms with E-state index in [0.717, 1.165) is 42.3 Å². The maximum atomic E-state index is 13.4. The minimum absolute atomic E-state index is 0.126. The van der Waals surface area contributed by atoms with Gasteiger partial charge in [0.15, 0.2) is 0 Å². The molecule has 1 N–H and O–H groups in total. The fourth-order valence-corrected chi connectivity index (χ4v) is 5.06. The van der Waals surface area contributed by atoms with E-state index in [1.54, 1.807) is 4.90 Å². The number of anilines is 3. The average molecular weight is 508 g/mol. The lowest BCUT2D eigenvalue weighted by atomic mass is 10.0. The molecule has 2 aliphatic rings. The highest BCUT2D eigenvalue weighted by atomic mass is 16.6. The van der Waals surface area contributed by atoms with E-state index in [1.165, 1.54) is 12.8 Å². The van der Waals surface area contributed by atoms with Gasteiger partial charge in [0.1, 0.15) is 5.60 Å². The molecule has 0 spiro atoms. The van der Waals surface area contributed by atoms with Gasteiger partial charge in [0.2, 0.25) is 0 Å². The maximum Gasteiger partial charge on any atom is 0.410 e. The quantitative estimate of drug-likeness (QED) is 0.584. The van der Waals surface area contributed by atoms with Crippen molar-refractivity contribution in [2.45, 2.75) is 53.1 Å². The second kappa shape index (κ2) is 11.4. The summed E-state index contributed by atoms with van der Waals surface area (Å²) in [6.45, 7) is 15.4. The van der Waals surface area contributed by atoms with Crippen LogP contribution in [0.25, 0.3) is 0 Å². The third kappa shape index (κ3) is 6.55. The number of piperazine rings is 1. The lowest BCUT2D eigenvalue weighted by Gasteiger charge is -2.39. The Morgan fingerprint density at radius 1 is 0.973 bits per heavy atom. The molecule has 0 atom stereocenters. The van der Waals surface area contributed by atoms with E-state index in [-0.39, 0.29) is 12.0 Å². The second-order valence-corrected chi connectivity index (χ2v) is 10.8. The smallest absolute Gasteiger partial charge is 0.410 e. The number of para-hydroxylation sites is 1. The minimum Gasteiger partial charge on any atom is -0.444 e. The Morgan fingerprint density at radius 3 is 2.22 bits per heavy atom. The zero-order valence-corrected chi connectivity index (χ0v) is 22.9. The topological polar surface area (TPSA) is 68.4 Å². The predicted molar refractivity (Wildman–Crippen MR) is 149 cm³/mol. The Morgan fingerprint density at radius 2 is 1.62 bits per heavy atom. The SMILES string of the molecule is CCN(c1cc(C(=O)Nc2ccccc2)cc(N2CCN(C(=O)OC(C)(C)C)CC2)c1C)N1CCCC1. The molecule has 0 saturated carbocycles. The van der Waals surface area contributed by atoms with Crippen molar-refractivity contribution in [3.63, 3.8) is 0 Å². The molecule has 8 nitrogen and oxygen atoms in total. The first-order valence-corrected chi connectivity index (χ1v) is 13.4. The molecule has 2 saturated heterocycles. The normalized spacial score (nSPS) is 16.6. The lowest BCUT2D eigenvalue weighted by Crippen LogP contribution is -2.50. The zero-order valence-electron chi connectivity index (χ0n) is 22.9. The Labute approximate surface area is 221 Å². The third-order valence-corrected chi connectivity index (χ3v) is 6.92. The van der Waals surface area contributed by atoms with Gasteiger partial charge in [-0.1, -0.05) is 18.2 Å². The van der Waals surface area contributed by atoms with Crippen LogP contribution in [0.2, 0.25) is 0 Å². The van der Waals surface area contributed by atoms with Crippen molar-refractivity contribution in [1.82, 2.24) is 9.91 Å². The zero-order chi connectivity index (χ0) is 26.6. The van der Waals surface area contributed by atoms with Crippen molar-refractivity contribution in [3.05, 3.63) is 53.6 Å². The van der Waals surface area contributed by atoms with Crippen LogP contribution in [0.4, 0.5) is 21.9 Å². The number of amides is 2. The van der Waals surface area contributed by atoms with Gasteiger partial charge < -0.3 is 24.9 Å². The van der Waals surface area contributed by atoms with Gasteiger partial charge in [-0.2, -0.15) is 0 Å². The molecule has 200 valence electrons. The van der Waals surface area contributed by atoms with E-state index in [2.05, 4.69) is 34.1 Å².